The van der Waals surface area contributed by atoms with Gasteiger partial charge < -0.3 is 63.5 Å². The molecule has 0 radical (unpaired) electrons. The molecule has 2 nitrogen and oxygen atoms in total. The monoisotopic (exact) mass is 743 g/mol. The predicted octanol–water partition coefficient (Wildman–Crippen LogP) is 6.61. The van der Waals surface area contributed by atoms with E-state index < -0.39 is 0 Å². The summed E-state index contributed by atoms with van der Waals surface area (Å²) < 4.78 is 0. The topological polar surface area (TPSA) is 52.0 Å². The van der Waals surface area contributed by atoms with Gasteiger partial charge in [-0.1, -0.05) is 36.5 Å². The average Bonchev–Trinajstić information content (AvgIpc) is 3.01. The minimum Gasteiger partial charge on any atom is -0.358 e. The molecule has 2 aliphatic carbocycles. The van der Waals surface area contributed by atoms with Gasteiger partial charge in [0.2, 0.25) is 0 Å². The van der Waals surface area contributed by atoms with E-state index in [9.17, 15) is 0 Å². The summed E-state index contributed by atoms with van der Waals surface area (Å²) in [6.45, 7) is 7.10. The molecule has 0 aliphatic heterocycles. The first-order chi connectivity index (χ1) is 8.70. The van der Waals surface area contributed by atoms with Crippen LogP contribution in [0, 0.1) is 52.0 Å². The molecule has 0 atom stereocenters. The minimum absolute atomic E-state index is 0. The van der Waals surface area contributed by atoms with Gasteiger partial charge in [-0.05, 0) is 38.5 Å². The van der Waals surface area contributed by atoms with Crippen molar-refractivity contribution in [3.8, 4) is 0 Å². The van der Waals surface area contributed by atoms with Crippen molar-refractivity contribution < 1.29 is 42.1 Å². The molecule has 0 aromatic carbocycles. The Kier molecular flexibility index (Phi) is 117. The molecule has 4 heteroatoms. The molecule has 0 aromatic heterocycles. The first-order valence-electron chi connectivity index (χ1n) is 6.73. The summed E-state index contributed by atoms with van der Waals surface area (Å²) in [5.74, 6) is 0. The third-order valence-electron chi connectivity index (χ3n) is 2.66. The Hall–Kier alpha value is 0.257. The van der Waals surface area contributed by atoms with E-state index in [0.29, 0.717) is 12.1 Å². The van der Waals surface area contributed by atoms with Crippen LogP contribution in [0.2, 0.25) is 0 Å². The second-order valence-corrected chi connectivity index (χ2v) is 4.56. The van der Waals surface area contributed by atoms with Crippen molar-refractivity contribution in [2.24, 2.45) is 11.5 Å². The van der Waals surface area contributed by atoms with Crippen LogP contribution in [0.4, 0.5) is 0 Å². The maximum atomic E-state index is 5.47. The molecule has 0 amide bonds. The SMILES string of the molecule is C=CCCC=C.NC1CC=CC1.NC1CC=CC1.[CH3-].[CH3-].[CH3-].[CH3-].[CH3-].[CH3-].[CH3-].[Pt+4].[Pt+4]. The van der Waals surface area contributed by atoms with Crippen molar-refractivity contribution >= 4 is 0 Å². The van der Waals surface area contributed by atoms with Gasteiger partial charge in [-0.15, -0.1) is 13.2 Å². The minimum atomic E-state index is 0. The first-order valence-corrected chi connectivity index (χ1v) is 6.73. The van der Waals surface area contributed by atoms with Crippen molar-refractivity contribution in [1.82, 2.24) is 0 Å². The van der Waals surface area contributed by atoms with E-state index in [-0.39, 0.29) is 94.1 Å². The first kappa shape index (κ1) is 63.1. The summed E-state index contributed by atoms with van der Waals surface area (Å²) in [5.41, 5.74) is 10.9. The maximum Gasteiger partial charge on any atom is 4.00 e. The Morgan fingerprint density at radius 3 is 0.852 bits per heavy atom. The van der Waals surface area contributed by atoms with Crippen LogP contribution < -0.4 is 11.5 Å². The van der Waals surface area contributed by atoms with Crippen LogP contribution in [0.15, 0.2) is 49.6 Å². The van der Waals surface area contributed by atoms with E-state index in [1.54, 1.807) is 0 Å². The molecule has 0 fully saturated rings. The Bertz CT molecular complexity index is 234. The number of unbranched alkanes of at least 4 members (excludes halogenated alkanes) is 1. The van der Waals surface area contributed by atoms with Gasteiger partial charge in [0.1, 0.15) is 0 Å². The molecule has 0 bridgehead atoms. The summed E-state index contributed by atoms with van der Waals surface area (Å²) in [6, 6.07) is 0.870. The second-order valence-electron chi connectivity index (χ2n) is 4.56. The van der Waals surface area contributed by atoms with Gasteiger partial charge in [-0.25, -0.2) is 0 Å². The van der Waals surface area contributed by atoms with Gasteiger partial charge in [0.05, 0.1) is 0 Å². The van der Waals surface area contributed by atoms with Crippen LogP contribution in [-0.4, -0.2) is 12.1 Å². The summed E-state index contributed by atoms with van der Waals surface area (Å²) in [4.78, 5) is 0. The van der Waals surface area contributed by atoms with E-state index in [1.807, 2.05) is 12.2 Å². The summed E-state index contributed by atoms with van der Waals surface area (Å²) in [7, 11) is 0. The van der Waals surface area contributed by atoms with Crippen molar-refractivity contribution in [2.45, 2.75) is 50.6 Å². The Morgan fingerprint density at radius 2 is 0.778 bits per heavy atom. The normalized spacial score (nSPS) is 11.8. The zero-order valence-corrected chi connectivity index (χ0v) is 23.6. The standard InChI is InChI=1S/C6H10.2C5H9N.7CH3.2Pt/c1-3-5-6-4-2;2*6-5-3-1-2-4-5;;;;;;;;;/h3-4H,1-2,5-6H2;2*1-2,5H,3-4,6H2;7*1H3;;/q;;;7*-1;2*+4. The molecule has 0 saturated carbocycles. The number of allylic oxidation sites excluding steroid dienone is 2. The molecule has 0 saturated heterocycles. The van der Waals surface area contributed by atoms with Gasteiger partial charge in [0.25, 0.3) is 0 Å². The van der Waals surface area contributed by atoms with Crippen LogP contribution in [0.5, 0.6) is 0 Å². The maximum absolute atomic E-state index is 5.47. The zero-order chi connectivity index (χ0) is 13.6. The van der Waals surface area contributed by atoms with E-state index in [1.165, 1.54) is 0 Å². The largest absolute Gasteiger partial charge is 4.00 e. The molecule has 2 aliphatic rings. The molecular formula is C23H49N2Pt2+. The molecule has 0 spiro atoms. The van der Waals surface area contributed by atoms with Gasteiger partial charge in [-0.2, -0.15) is 0 Å². The van der Waals surface area contributed by atoms with Gasteiger partial charge in [0, 0.05) is 12.1 Å². The van der Waals surface area contributed by atoms with E-state index in [4.69, 9.17) is 11.5 Å². The Morgan fingerprint density at radius 1 is 0.593 bits per heavy atom. The fraction of sp³-hybridized carbons (Fsp3) is 0.348. The molecule has 170 valence electrons. The Labute approximate surface area is 205 Å². The van der Waals surface area contributed by atoms with Crippen LogP contribution in [0.25, 0.3) is 0 Å². The summed E-state index contributed by atoms with van der Waals surface area (Å²) in [5, 5.41) is 0. The zero-order valence-electron chi connectivity index (χ0n) is 19.1. The van der Waals surface area contributed by atoms with Crippen molar-refractivity contribution in [2.75, 3.05) is 0 Å². The van der Waals surface area contributed by atoms with Crippen LogP contribution in [0.1, 0.15) is 38.5 Å². The number of nitrogens with two attached hydrogens (primary N) is 2. The summed E-state index contributed by atoms with van der Waals surface area (Å²) >= 11 is 0. The molecule has 4 N–H and O–H groups in total. The summed E-state index contributed by atoms with van der Waals surface area (Å²) in [6.07, 6.45) is 18.8. The van der Waals surface area contributed by atoms with Crippen LogP contribution >= 0.6 is 0 Å². The van der Waals surface area contributed by atoms with Gasteiger partial charge >= 0.3 is 42.1 Å². The smallest absolute Gasteiger partial charge is 0.358 e. The predicted molar refractivity (Wildman–Crippen MR) is 127 cm³/mol. The van der Waals surface area contributed by atoms with Crippen molar-refractivity contribution in [3.63, 3.8) is 0 Å². The van der Waals surface area contributed by atoms with Crippen LogP contribution in [0.3, 0.4) is 0 Å². The average molecular weight is 744 g/mol. The van der Waals surface area contributed by atoms with Crippen molar-refractivity contribution in [3.05, 3.63) is 102 Å². The quantitative estimate of drug-likeness (QED) is 0.194. The molecular weight excluding hydrogens is 694 g/mol. The van der Waals surface area contributed by atoms with E-state index in [2.05, 4.69) is 37.5 Å². The molecule has 27 heavy (non-hydrogen) atoms. The molecule has 0 aromatic rings. The van der Waals surface area contributed by atoms with E-state index in [0.717, 1.165) is 38.5 Å². The van der Waals surface area contributed by atoms with E-state index >= 15 is 0 Å². The molecule has 2 rings (SSSR count). The van der Waals surface area contributed by atoms with Gasteiger partial charge in [-0.3, -0.25) is 0 Å². The third kappa shape index (κ3) is 51.9. The fourth-order valence-electron chi connectivity index (χ4n) is 1.51. The molecule has 0 unspecified atom stereocenters. The number of hydrogen-bond donors (Lipinski definition) is 2. The fourth-order valence-corrected chi connectivity index (χ4v) is 1.51. The third-order valence-corrected chi connectivity index (χ3v) is 2.66. The van der Waals surface area contributed by atoms with Crippen molar-refractivity contribution in [1.29, 1.82) is 0 Å². The molecule has 0 heterocycles. The Balaban J connectivity index is -0.0000000172. The number of hydrogen-bond acceptors (Lipinski definition) is 2. The van der Waals surface area contributed by atoms with Gasteiger partial charge in [0.15, 0.2) is 0 Å². The van der Waals surface area contributed by atoms with Crippen LogP contribution in [-0.2, 0) is 42.1 Å². The second kappa shape index (κ2) is 50.3. The number of rotatable bonds is 3.